The molecule has 0 aromatic heterocycles. The van der Waals surface area contributed by atoms with Crippen LogP contribution in [0, 0.1) is 0 Å². The molecule has 1 amide bonds. The molecule has 9 heteroatoms. The Morgan fingerprint density at radius 2 is 1.93 bits per heavy atom. The highest BCUT2D eigenvalue weighted by molar-refractivity contribution is 5.92. The van der Waals surface area contributed by atoms with Gasteiger partial charge in [-0.15, -0.1) is 0 Å². The smallest absolute Gasteiger partial charge is 0.409 e. The van der Waals surface area contributed by atoms with E-state index in [2.05, 4.69) is 15.6 Å². The van der Waals surface area contributed by atoms with Gasteiger partial charge in [-0.25, -0.2) is 14.6 Å². The molecule has 0 aliphatic carbocycles. The summed E-state index contributed by atoms with van der Waals surface area (Å²) < 4.78 is 15.1. The van der Waals surface area contributed by atoms with E-state index in [1.807, 2.05) is 19.9 Å². The molecule has 9 nitrogen and oxygen atoms in total. The van der Waals surface area contributed by atoms with E-state index in [-0.39, 0.29) is 12.1 Å². The number of benzene rings is 1. The molecular formula is C21H32N4O5. The molecule has 1 aromatic carbocycles. The minimum atomic E-state index is -0.448. The summed E-state index contributed by atoms with van der Waals surface area (Å²) in [7, 11) is 2.85. The summed E-state index contributed by atoms with van der Waals surface area (Å²) in [6.07, 6.45) is 1.38. The molecule has 0 unspecified atom stereocenters. The first-order chi connectivity index (χ1) is 14.5. The van der Waals surface area contributed by atoms with Gasteiger partial charge in [-0.1, -0.05) is 6.07 Å². The summed E-state index contributed by atoms with van der Waals surface area (Å²) in [5.74, 6) is 0.714. The van der Waals surface area contributed by atoms with Crippen molar-refractivity contribution in [2.75, 3.05) is 40.5 Å². The van der Waals surface area contributed by atoms with Gasteiger partial charge in [0.2, 0.25) is 0 Å². The Kier molecular flexibility index (Phi) is 9.24. The highest BCUT2D eigenvalue weighted by Gasteiger charge is 2.24. The Morgan fingerprint density at radius 3 is 2.53 bits per heavy atom. The molecule has 0 radical (unpaired) electrons. The van der Waals surface area contributed by atoms with Crippen molar-refractivity contribution in [3.8, 4) is 5.75 Å². The molecular weight excluding hydrogens is 388 g/mol. The quantitative estimate of drug-likeness (QED) is 0.396. The normalized spacial score (nSPS) is 14.8. The van der Waals surface area contributed by atoms with Gasteiger partial charge in [0.15, 0.2) is 5.96 Å². The average molecular weight is 421 g/mol. The standard InChI is InChI=1S/C21H32N4O5/c1-5-22-20(24-16-9-11-25(12-10-16)21(27)30-6-2)23-14-15-7-8-18(28-3)17(13-15)19(26)29-4/h7-8,13,16H,5-6,9-12,14H2,1-4H3,(H2,22,23,24). The number of aliphatic imine (C=N–C) groups is 1. The first-order valence-electron chi connectivity index (χ1n) is 10.2. The van der Waals surface area contributed by atoms with E-state index in [9.17, 15) is 9.59 Å². The van der Waals surface area contributed by atoms with Gasteiger partial charge in [0.1, 0.15) is 11.3 Å². The molecule has 2 N–H and O–H groups in total. The summed E-state index contributed by atoms with van der Waals surface area (Å²) in [6.45, 7) is 6.62. The van der Waals surface area contributed by atoms with E-state index >= 15 is 0 Å². The van der Waals surface area contributed by atoms with Crippen LogP contribution in [0.3, 0.4) is 0 Å². The van der Waals surface area contributed by atoms with Gasteiger partial charge in [-0.05, 0) is 44.4 Å². The highest BCUT2D eigenvalue weighted by Crippen LogP contribution is 2.21. The number of methoxy groups -OCH3 is 2. The third kappa shape index (κ3) is 6.53. The molecule has 1 heterocycles. The first kappa shape index (κ1) is 23.3. The molecule has 166 valence electrons. The SMILES string of the molecule is CCNC(=NCc1ccc(OC)c(C(=O)OC)c1)NC1CCN(C(=O)OCC)CC1. The number of piperidine rings is 1. The van der Waals surface area contributed by atoms with E-state index in [0.717, 1.165) is 24.9 Å². The monoisotopic (exact) mass is 420 g/mol. The molecule has 1 fully saturated rings. The topological polar surface area (TPSA) is 101 Å². The molecule has 1 aliphatic rings. The van der Waals surface area contributed by atoms with Crippen molar-refractivity contribution in [3.63, 3.8) is 0 Å². The minimum Gasteiger partial charge on any atom is -0.496 e. The van der Waals surface area contributed by atoms with Crippen molar-refractivity contribution in [1.82, 2.24) is 15.5 Å². The molecule has 2 rings (SSSR count). The number of hydrogen-bond acceptors (Lipinski definition) is 6. The van der Waals surface area contributed by atoms with E-state index in [1.165, 1.54) is 14.2 Å². The van der Waals surface area contributed by atoms with Crippen LogP contribution in [0.1, 0.15) is 42.6 Å². The molecule has 30 heavy (non-hydrogen) atoms. The Hall–Kier alpha value is -2.97. The zero-order valence-corrected chi connectivity index (χ0v) is 18.2. The predicted octanol–water partition coefficient (Wildman–Crippen LogP) is 2.16. The summed E-state index contributed by atoms with van der Waals surface area (Å²) in [5.41, 5.74) is 1.24. The number of nitrogens with one attached hydrogen (secondary N) is 2. The Bertz CT molecular complexity index is 745. The van der Waals surface area contributed by atoms with Crippen molar-refractivity contribution < 1.29 is 23.8 Å². The Balaban J connectivity index is 2.00. The third-order valence-electron chi connectivity index (χ3n) is 4.79. The van der Waals surface area contributed by atoms with Gasteiger partial charge in [0, 0.05) is 25.7 Å². The van der Waals surface area contributed by atoms with Gasteiger partial charge >= 0.3 is 12.1 Å². The lowest BCUT2D eigenvalue weighted by molar-refractivity contribution is 0.0596. The third-order valence-corrected chi connectivity index (χ3v) is 4.79. The molecule has 1 saturated heterocycles. The summed E-state index contributed by atoms with van der Waals surface area (Å²) in [6, 6.07) is 5.56. The van der Waals surface area contributed by atoms with E-state index < -0.39 is 5.97 Å². The number of carbonyl (C=O) groups is 2. The summed E-state index contributed by atoms with van der Waals surface area (Å²) in [5, 5.41) is 6.68. The number of ether oxygens (including phenoxy) is 3. The van der Waals surface area contributed by atoms with Crippen molar-refractivity contribution >= 4 is 18.0 Å². The average Bonchev–Trinajstić information content (AvgIpc) is 2.77. The Morgan fingerprint density at radius 1 is 1.20 bits per heavy atom. The largest absolute Gasteiger partial charge is 0.496 e. The Labute approximate surface area is 177 Å². The maximum absolute atomic E-state index is 12.0. The van der Waals surface area contributed by atoms with Gasteiger partial charge in [0.05, 0.1) is 27.4 Å². The number of hydrogen-bond donors (Lipinski definition) is 2. The summed E-state index contributed by atoms with van der Waals surface area (Å²) in [4.78, 5) is 30.2. The number of likely N-dealkylation sites (tertiary alicyclic amines) is 1. The van der Waals surface area contributed by atoms with Gasteiger partial charge in [0.25, 0.3) is 0 Å². The molecule has 1 aliphatic heterocycles. The number of esters is 1. The van der Waals surface area contributed by atoms with Crippen LogP contribution >= 0.6 is 0 Å². The lowest BCUT2D eigenvalue weighted by atomic mass is 10.1. The van der Waals surface area contributed by atoms with Crippen molar-refractivity contribution in [3.05, 3.63) is 29.3 Å². The molecule has 1 aromatic rings. The van der Waals surface area contributed by atoms with E-state index in [0.29, 0.717) is 43.5 Å². The summed E-state index contributed by atoms with van der Waals surface area (Å²) >= 11 is 0. The van der Waals surface area contributed by atoms with Crippen LogP contribution in [-0.4, -0.2) is 69.4 Å². The van der Waals surface area contributed by atoms with Crippen LogP contribution in [0.15, 0.2) is 23.2 Å². The number of carbonyl (C=O) groups excluding carboxylic acids is 2. The lowest BCUT2D eigenvalue weighted by Crippen LogP contribution is -2.49. The van der Waals surface area contributed by atoms with E-state index in [1.54, 1.807) is 17.0 Å². The van der Waals surface area contributed by atoms with Crippen LogP contribution in [0.2, 0.25) is 0 Å². The number of amides is 1. The fourth-order valence-corrected chi connectivity index (χ4v) is 3.23. The second-order valence-electron chi connectivity index (χ2n) is 6.83. The van der Waals surface area contributed by atoms with Crippen LogP contribution < -0.4 is 15.4 Å². The minimum absolute atomic E-state index is 0.218. The molecule has 0 spiro atoms. The zero-order chi connectivity index (χ0) is 21.9. The van der Waals surface area contributed by atoms with Crippen LogP contribution in [0.4, 0.5) is 4.79 Å². The predicted molar refractivity (Wildman–Crippen MR) is 114 cm³/mol. The fraction of sp³-hybridized carbons (Fsp3) is 0.571. The van der Waals surface area contributed by atoms with E-state index in [4.69, 9.17) is 14.2 Å². The number of guanidine groups is 1. The van der Waals surface area contributed by atoms with Crippen LogP contribution in [-0.2, 0) is 16.0 Å². The fourth-order valence-electron chi connectivity index (χ4n) is 3.23. The highest BCUT2D eigenvalue weighted by atomic mass is 16.6. The molecule has 0 bridgehead atoms. The number of rotatable bonds is 7. The first-order valence-corrected chi connectivity index (χ1v) is 10.2. The zero-order valence-electron chi connectivity index (χ0n) is 18.2. The van der Waals surface area contributed by atoms with Gasteiger partial charge in [-0.2, -0.15) is 0 Å². The van der Waals surface area contributed by atoms with Gasteiger partial charge < -0.3 is 29.7 Å². The van der Waals surface area contributed by atoms with Crippen molar-refractivity contribution in [1.29, 1.82) is 0 Å². The maximum atomic E-state index is 12.0. The van der Waals surface area contributed by atoms with Crippen LogP contribution in [0.5, 0.6) is 5.75 Å². The second kappa shape index (κ2) is 11.9. The van der Waals surface area contributed by atoms with Crippen molar-refractivity contribution in [2.45, 2.75) is 39.3 Å². The maximum Gasteiger partial charge on any atom is 0.409 e. The van der Waals surface area contributed by atoms with Crippen molar-refractivity contribution in [2.24, 2.45) is 4.99 Å². The second-order valence-corrected chi connectivity index (χ2v) is 6.83. The number of nitrogens with zero attached hydrogens (tertiary/aromatic N) is 2. The lowest BCUT2D eigenvalue weighted by Gasteiger charge is -2.32. The molecule has 0 atom stereocenters. The van der Waals surface area contributed by atoms with Gasteiger partial charge in [-0.3, -0.25) is 0 Å². The molecule has 0 saturated carbocycles. The van der Waals surface area contributed by atoms with Crippen LogP contribution in [0.25, 0.3) is 0 Å².